The van der Waals surface area contributed by atoms with Crippen LogP contribution in [0.1, 0.15) is 24.2 Å². The Morgan fingerprint density at radius 1 is 1.23 bits per heavy atom. The highest BCUT2D eigenvalue weighted by molar-refractivity contribution is 5.59. The molecule has 0 unspecified atom stereocenters. The molecule has 1 saturated heterocycles. The van der Waals surface area contributed by atoms with E-state index in [-0.39, 0.29) is 5.69 Å². The predicted octanol–water partition coefficient (Wildman–Crippen LogP) is 1.61. The SMILES string of the molecule is COc1ccc(-c2nccn2Cc2n[nH]c(=O)[nH]2)cc1CN1CCCC1. The third-order valence-corrected chi connectivity index (χ3v) is 4.72. The molecule has 1 aromatic carbocycles. The lowest BCUT2D eigenvalue weighted by atomic mass is 10.1. The molecule has 0 saturated carbocycles. The summed E-state index contributed by atoms with van der Waals surface area (Å²) in [5.74, 6) is 2.30. The molecule has 3 aromatic rings. The van der Waals surface area contributed by atoms with Gasteiger partial charge in [-0.25, -0.2) is 14.9 Å². The Hall–Kier alpha value is -2.87. The van der Waals surface area contributed by atoms with Gasteiger partial charge in [0.1, 0.15) is 11.6 Å². The third-order valence-electron chi connectivity index (χ3n) is 4.72. The molecule has 1 fully saturated rings. The summed E-state index contributed by atoms with van der Waals surface area (Å²) in [6, 6.07) is 6.15. The summed E-state index contributed by atoms with van der Waals surface area (Å²) in [7, 11) is 1.71. The van der Waals surface area contributed by atoms with Crippen LogP contribution in [0.4, 0.5) is 0 Å². The fraction of sp³-hybridized carbons (Fsp3) is 0.389. The molecule has 0 aliphatic carbocycles. The lowest BCUT2D eigenvalue weighted by Crippen LogP contribution is -2.18. The van der Waals surface area contributed by atoms with Gasteiger partial charge in [-0.05, 0) is 44.1 Å². The zero-order chi connectivity index (χ0) is 17.9. The van der Waals surface area contributed by atoms with Gasteiger partial charge in [-0.3, -0.25) is 9.88 Å². The molecule has 0 amide bonds. The summed E-state index contributed by atoms with van der Waals surface area (Å²) in [6.45, 7) is 3.59. The maximum Gasteiger partial charge on any atom is 0.340 e. The van der Waals surface area contributed by atoms with Crippen LogP contribution in [0.15, 0.2) is 35.4 Å². The second-order valence-electron chi connectivity index (χ2n) is 6.51. The molecule has 2 aromatic heterocycles. The molecule has 1 aliphatic rings. The number of ether oxygens (including phenoxy) is 1. The number of hydrogen-bond donors (Lipinski definition) is 2. The smallest absolute Gasteiger partial charge is 0.340 e. The van der Waals surface area contributed by atoms with Crippen LogP contribution in [0.2, 0.25) is 0 Å². The Morgan fingerprint density at radius 3 is 2.81 bits per heavy atom. The molecule has 2 N–H and O–H groups in total. The van der Waals surface area contributed by atoms with Crippen LogP contribution in [0.5, 0.6) is 5.75 Å². The number of methoxy groups -OCH3 is 1. The van der Waals surface area contributed by atoms with Gasteiger partial charge in [0, 0.05) is 30.1 Å². The maximum absolute atomic E-state index is 11.2. The summed E-state index contributed by atoms with van der Waals surface area (Å²) in [5, 5.41) is 6.36. The first-order valence-corrected chi connectivity index (χ1v) is 8.77. The summed E-state index contributed by atoms with van der Waals surface area (Å²) in [5.41, 5.74) is 1.87. The van der Waals surface area contributed by atoms with Gasteiger partial charge < -0.3 is 9.30 Å². The van der Waals surface area contributed by atoms with Crippen LogP contribution in [0.25, 0.3) is 11.4 Å². The first kappa shape index (κ1) is 16.6. The number of aromatic nitrogens is 5. The fourth-order valence-electron chi connectivity index (χ4n) is 3.46. The maximum atomic E-state index is 11.2. The van der Waals surface area contributed by atoms with E-state index < -0.39 is 0 Å². The second-order valence-corrected chi connectivity index (χ2v) is 6.51. The summed E-state index contributed by atoms with van der Waals surface area (Å²) >= 11 is 0. The van der Waals surface area contributed by atoms with Crippen molar-refractivity contribution in [1.82, 2.24) is 29.6 Å². The molecule has 8 heteroatoms. The molecule has 4 rings (SSSR count). The summed E-state index contributed by atoms with van der Waals surface area (Å²) < 4.78 is 7.51. The Bertz CT molecular complexity index is 935. The number of hydrogen-bond acceptors (Lipinski definition) is 5. The fourth-order valence-corrected chi connectivity index (χ4v) is 3.46. The zero-order valence-electron chi connectivity index (χ0n) is 14.7. The molecule has 26 heavy (non-hydrogen) atoms. The number of imidazole rings is 1. The molecule has 0 bridgehead atoms. The average molecular weight is 354 g/mol. The quantitative estimate of drug-likeness (QED) is 0.702. The van der Waals surface area contributed by atoms with Crippen LogP contribution in [-0.4, -0.2) is 49.8 Å². The molecule has 0 atom stereocenters. The lowest BCUT2D eigenvalue weighted by Gasteiger charge is -2.18. The van der Waals surface area contributed by atoms with E-state index in [9.17, 15) is 4.79 Å². The van der Waals surface area contributed by atoms with Gasteiger partial charge in [-0.15, -0.1) is 0 Å². The Kier molecular flexibility index (Phi) is 4.57. The van der Waals surface area contributed by atoms with E-state index in [1.165, 1.54) is 12.8 Å². The number of likely N-dealkylation sites (tertiary alicyclic amines) is 1. The standard InChI is InChI=1S/C18H22N6O2/c1-26-15-5-4-13(10-14(15)11-23-7-2-3-8-23)17-19-6-9-24(17)12-16-20-18(25)22-21-16/h4-6,9-10H,2-3,7-8,11-12H2,1H3,(H2,20,21,22,25). The largest absolute Gasteiger partial charge is 0.496 e. The van der Waals surface area contributed by atoms with Crippen molar-refractivity contribution in [2.75, 3.05) is 20.2 Å². The second kappa shape index (κ2) is 7.17. The minimum atomic E-state index is -0.306. The number of nitrogens with zero attached hydrogens (tertiary/aromatic N) is 4. The lowest BCUT2D eigenvalue weighted by molar-refractivity contribution is 0.321. The average Bonchev–Trinajstić information content (AvgIpc) is 3.38. The van der Waals surface area contributed by atoms with Gasteiger partial charge in [0.15, 0.2) is 5.82 Å². The van der Waals surface area contributed by atoms with E-state index in [0.717, 1.165) is 42.3 Å². The van der Waals surface area contributed by atoms with Crippen molar-refractivity contribution in [1.29, 1.82) is 0 Å². The van der Waals surface area contributed by atoms with E-state index in [2.05, 4.69) is 31.1 Å². The van der Waals surface area contributed by atoms with Gasteiger partial charge in [-0.2, -0.15) is 5.10 Å². The highest BCUT2D eigenvalue weighted by Gasteiger charge is 2.16. The highest BCUT2D eigenvalue weighted by atomic mass is 16.5. The number of nitrogens with one attached hydrogen (secondary N) is 2. The number of aromatic amines is 2. The van der Waals surface area contributed by atoms with Crippen LogP contribution in [0, 0.1) is 0 Å². The monoisotopic (exact) mass is 354 g/mol. The van der Waals surface area contributed by atoms with Gasteiger partial charge in [0.25, 0.3) is 0 Å². The van der Waals surface area contributed by atoms with Crippen molar-refractivity contribution in [3.8, 4) is 17.1 Å². The van der Waals surface area contributed by atoms with E-state index >= 15 is 0 Å². The zero-order valence-corrected chi connectivity index (χ0v) is 14.7. The normalized spacial score (nSPS) is 14.8. The summed E-state index contributed by atoms with van der Waals surface area (Å²) in [6.07, 6.45) is 6.15. The van der Waals surface area contributed by atoms with E-state index in [0.29, 0.717) is 12.4 Å². The molecule has 0 spiro atoms. The molecule has 136 valence electrons. The number of benzene rings is 1. The van der Waals surface area contributed by atoms with E-state index in [4.69, 9.17) is 4.74 Å². The number of H-pyrrole nitrogens is 2. The molecule has 1 aliphatic heterocycles. The Morgan fingerprint density at radius 2 is 2.08 bits per heavy atom. The van der Waals surface area contributed by atoms with E-state index in [1.54, 1.807) is 13.3 Å². The molecule has 3 heterocycles. The van der Waals surface area contributed by atoms with Gasteiger partial charge in [0.05, 0.1) is 13.7 Å². The molecule has 0 radical (unpaired) electrons. The predicted molar refractivity (Wildman–Crippen MR) is 97.0 cm³/mol. The topological polar surface area (TPSA) is 91.8 Å². The highest BCUT2D eigenvalue weighted by Crippen LogP contribution is 2.28. The molecular formula is C18H22N6O2. The first-order chi connectivity index (χ1) is 12.7. The number of rotatable bonds is 6. The third kappa shape index (κ3) is 3.41. The minimum Gasteiger partial charge on any atom is -0.496 e. The van der Waals surface area contributed by atoms with Crippen molar-refractivity contribution in [3.63, 3.8) is 0 Å². The van der Waals surface area contributed by atoms with Crippen molar-refractivity contribution in [3.05, 3.63) is 52.5 Å². The van der Waals surface area contributed by atoms with Crippen LogP contribution >= 0.6 is 0 Å². The van der Waals surface area contributed by atoms with Crippen LogP contribution in [-0.2, 0) is 13.1 Å². The van der Waals surface area contributed by atoms with Crippen molar-refractivity contribution < 1.29 is 4.74 Å². The van der Waals surface area contributed by atoms with Crippen LogP contribution in [0.3, 0.4) is 0 Å². The molecule has 8 nitrogen and oxygen atoms in total. The molecular weight excluding hydrogens is 332 g/mol. The van der Waals surface area contributed by atoms with Crippen LogP contribution < -0.4 is 10.4 Å². The van der Waals surface area contributed by atoms with Gasteiger partial charge in [0.2, 0.25) is 0 Å². The van der Waals surface area contributed by atoms with Crippen molar-refractivity contribution >= 4 is 0 Å². The first-order valence-electron chi connectivity index (χ1n) is 8.77. The minimum absolute atomic E-state index is 0.306. The summed E-state index contributed by atoms with van der Waals surface area (Å²) in [4.78, 5) is 20.9. The Balaban J connectivity index is 1.63. The van der Waals surface area contributed by atoms with E-state index in [1.807, 2.05) is 22.9 Å². The van der Waals surface area contributed by atoms with Gasteiger partial charge >= 0.3 is 5.69 Å². The van der Waals surface area contributed by atoms with Crippen molar-refractivity contribution in [2.45, 2.75) is 25.9 Å². The van der Waals surface area contributed by atoms with Crippen molar-refractivity contribution in [2.24, 2.45) is 0 Å². The Labute approximate surface area is 150 Å². The van der Waals surface area contributed by atoms with Gasteiger partial charge in [-0.1, -0.05) is 0 Å².